The summed E-state index contributed by atoms with van der Waals surface area (Å²) in [7, 11) is 1.61. The molecule has 0 unspecified atom stereocenters. The van der Waals surface area contributed by atoms with Crippen molar-refractivity contribution in [2.45, 2.75) is 51.7 Å². The quantitative estimate of drug-likeness (QED) is 0.778. The van der Waals surface area contributed by atoms with Crippen LogP contribution in [-0.4, -0.2) is 32.3 Å². The van der Waals surface area contributed by atoms with Crippen LogP contribution in [0.5, 0.6) is 0 Å². The first-order valence-corrected chi connectivity index (χ1v) is 10.5. The maximum Gasteiger partial charge on any atom is 0.222 e. The van der Waals surface area contributed by atoms with Gasteiger partial charge in [-0.1, -0.05) is 31.5 Å². The van der Waals surface area contributed by atoms with E-state index in [0.717, 1.165) is 24.8 Å². The van der Waals surface area contributed by atoms with Gasteiger partial charge in [-0.05, 0) is 59.6 Å². The first-order valence-electron chi connectivity index (χ1n) is 10.1. The van der Waals surface area contributed by atoms with Crippen molar-refractivity contribution in [3.05, 3.63) is 34.6 Å². The lowest BCUT2D eigenvalue weighted by Crippen LogP contribution is -2.59. The van der Waals surface area contributed by atoms with Gasteiger partial charge in [-0.25, -0.2) is 4.39 Å². The van der Waals surface area contributed by atoms with Crippen LogP contribution < -0.4 is 5.32 Å². The number of fused-ring (bicyclic) bond motifs is 1. The fourth-order valence-corrected chi connectivity index (χ4v) is 6.53. The molecule has 1 aromatic rings. The molecular formula is C22H29ClFNO3. The maximum absolute atomic E-state index is 13.6. The van der Waals surface area contributed by atoms with Crippen molar-refractivity contribution in [1.29, 1.82) is 0 Å². The number of ether oxygens (including phenoxy) is 2. The average Bonchev–Trinajstić information content (AvgIpc) is 3.13. The molecule has 154 valence electrons. The number of hydrogen-bond acceptors (Lipinski definition) is 3. The van der Waals surface area contributed by atoms with Gasteiger partial charge in [-0.15, -0.1) is 0 Å². The van der Waals surface area contributed by atoms with Gasteiger partial charge in [-0.3, -0.25) is 4.79 Å². The van der Waals surface area contributed by atoms with Crippen molar-refractivity contribution in [2.24, 2.45) is 22.7 Å². The van der Waals surface area contributed by atoms with Crippen LogP contribution in [0.15, 0.2) is 18.2 Å². The van der Waals surface area contributed by atoms with E-state index in [0.29, 0.717) is 30.6 Å². The molecule has 1 heterocycles. The molecule has 2 saturated carbocycles. The Morgan fingerprint density at radius 2 is 2.21 bits per heavy atom. The zero-order valence-electron chi connectivity index (χ0n) is 16.8. The Bertz CT molecular complexity index is 770. The number of halogens is 2. The molecule has 1 amide bonds. The summed E-state index contributed by atoms with van der Waals surface area (Å²) in [6, 6.07) is 4.67. The number of amides is 1. The molecule has 28 heavy (non-hydrogen) atoms. The first kappa shape index (κ1) is 20.1. The molecule has 0 aromatic heterocycles. The van der Waals surface area contributed by atoms with Gasteiger partial charge in [0, 0.05) is 31.2 Å². The number of nitrogens with one attached hydrogen (secondary N) is 1. The van der Waals surface area contributed by atoms with Crippen molar-refractivity contribution in [3.8, 4) is 0 Å². The van der Waals surface area contributed by atoms with Gasteiger partial charge < -0.3 is 14.8 Å². The molecule has 1 aromatic carbocycles. The monoisotopic (exact) mass is 409 g/mol. The zero-order chi connectivity index (χ0) is 20.1. The Hall–Kier alpha value is -1.17. The number of carbonyl (C=O) groups is 1. The molecule has 4 nitrogen and oxygen atoms in total. The molecule has 3 fully saturated rings. The summed E-state index contributed by atoms with van der Waals surface area (Å²) in [6.07, 6.45) is 3.30. The number of methoxy groups -OCH3 is 1. The van der Waals surface area contributed by atoms with E-state index >= 15 is 0 Å². The van der Waals surface area contributed by atoms with Crippen LogP contribution in [0.25, 0.3) is 0 Å². The van der Waals surface area contributed by atoms with E-state index in [1.807, 2.05) is 0 Å². The molecular weight excluding hydrogens is 381 g/mol. The van der Waals surface area contributed by atoms with Gasteiger partial charge in [0.15, 0.2) is 0 Å². The second kappa shape index (κ2) is 7.26. The number of carbonyl (C=O) groups excluding carboxylic acids is 1. The molecule has 3 aliphatic rings. The fraction of sp³-hybridized carbons (Fsp3) is 0.682. The molecule has 5 atom stereocenters. The molecule has 6 heteroatoms. The van der Waals surface area contributed by atoms with E-state index in [1.165, 1.54) is 12.1 Å². The largest absolute Gasteiger partial charge is 0.384 e. The molecule has 0 radical (unpaired) electrons. The molecule has 1 saturated heterocycles. The lowest BCUT2D eigenvalue weighted by molar-refractivity contribution is -0.137. The normalized spacial score (nSPS) is 35.6. The minimum absolute atomic E-state index is 0.00245. The Morgan fingerprint density at radius 1 is 1.43 bits per heavy atom. The Labute approximate surface area is 171 Å². The van der Waals surface area contributed by atoms with Crippen LogP contribution in [0, 0.1) is 28.5 Å². The predicted octanol–water partition coefficient (Wildman–Crippen LogP) is 4.51. The number of hydrogen-bond donors (Lipinski definition) is 1. The number of rotatable bonds is 5. The highest BCUT2D eigenvalue weighted by Gasteiger charge is 2.68. The SMILES string of the molecule is COCCC(=O)N[C@H]1C(C)(C)[C@@H]2C[C@@H]3[C@@H](c4ccc(F)cc4Cl)OCC[C@@]31C2. The van der Waals surface area contributed by atoms with E-state index < -0.39 is 0 Å². The van der Waals surface area contributed by atoms with Crippen LogP contribution in [0.2, 0.25) is 5.02 Å². The average molecular weight is 410 g/mol. The van der Waals surface area contributed by atoms with Crippen LogP contribution >= 0.6 is 11.6 Å². The van der Waals surface area contributed by atoms with E-state index in [4.69, 9.17) is 21.1 Å². The van der Waals surface area contributed by atoms with Crippen molar-refractivity contribution < 1.29 is 18.7 Å². The van der Waals surface area contributed by atoms with Crippen LogP contribution in [0.3, 0.4) is 0 Å². The molecule has 1 aliphatic heterocycles. The minimum Gasteiger partial charge on any atom is -0.384 e. The van der Waals surface area contributed by atoms with Gasteiger partial charge >= 0.3 is 0 Å². The van der Waals surface area contributed by atoms with E-state index in [-0.39, 0.29) is 40.6 Å². The predicted molar refractivity (Wildman–Crippen MR) is 106 cm³/mol. The van der Waals surface area contributed by atoms with E-state index in [1.54, 1.807) is 13.2 Å². The third-order valence-electron chi connectivity index (χ3n) is 7.61. The molecule has 2 aliphatic carbocycles. The van der Waals surface area contributed by atoms with Crippen molar-refractivity contribution >= 4 is 17.5 Å². The summed E-state index contributed by atoms with van der Waals surface area (Å²) in [5.74, 6) is 0.503. The molecule has 1 spiro atoms. The summed E-state index contributed by atoms with van der Waals surface area (Å²) in [5.41, 5.74) is 0.896. The third kappa shape index (κ3) is 3.06. The zero-order valence-corrected chi connectivity index (χ0v) is 17.5. The highest BCUT2D eigenvalue weighted by Crippen LogP contribution is 2.70. The lowest BCUT2D eigenvalue weighted by Gasteiger charge is -2.53. The highest BCUT2D eigenvalue weighted by atomic mass is 35.5. The topological polar surface area (TPSA) is 47.6 Å². The lowest BCUT2D eigenvalue weighted by atomic mass is 9.59. The summed E-state index contributed by atoms with van der Waals surface area (Å²) < 4.78 is 24.8. The maximum atomic E-state index is 13.6. The van der Waals surface area contributed by atoms with Crippen molar-refractivity contribution in [2.75, 3.05) is 20.3 Å². The molecule has 4 rings (SSSR count). The van der Waals surface area contributed by atoms with Gasteiger partial charge in [0.1, 0.15) is 5.82 Å². The van der Waals surface area contributed by atoms with Crippen LogP contribution in [0.4, 0.5) is 4.39 Å². The number of benzene rings is 1. The van der Waals surface area contributed by atoms with Gasteiger partial charge in [0.05, 0.1) is 12.7 Å². The Kier molecular flexibility index (Phi) is 5.22. The van der Waals surface area contributed by atoms with Crippen LogP contribution in [0.1, 0.15) is 51.2 Å². The summed E-state index contributed by atoms with van der Waals surface area (Å²) in [4.78, 5) is 12.6. The van der Waals surface area contributed by atoms with Crippen LogP contribution in [-0.2, 0) is 14.3 Å². The second-order valence-electron chi connectivity index (χ2n) is 9.25. The standard InChI is InChI=1S/C22H29ClFNO3/c1-21(2)13-10-16-19(15-5-4-14(24)11-17(15)23)28-9-7-22(16,12-13)20(21)25-18(26)6-8-27-3/h4-5,11,13,16,19-20H,6-10,12H2,1-3H3,(H,25,26)/t13-,16-,19-,20+,22-/m1/s1. The second-order valence-corrected chi connectivity index (χ2v) is 9.66. The molecule has 2 bridgehead atoms. The highest BCUT2D eigenvalue weighted by molar-refractivity contribution is 6.31. The van der Waals surface area contributed by atoms with Gasteiger partial charge in [0.25, 0.3) is 0 Å². The minimum atomic E-state index is -0.336. The summed E-state index contributed by atoms with van der Waals surface area (Å²) >= 11 is 6.38. The summed E-state index contributed by atoms with van der Waals surface area (Å²) in [5, 5.41) is 3.77. The first-order chi connectivity index (χ1) is 13.3. The fourth-order valence-electron chi connectivity index (χ4n) is 6.26. The van der Waals surface area contributed by atoms with E-state index in [2.05, 4.69) is 19.2 Å². The third-order valence-corrected chi connectivity index (χ3v) is 7.94. The smallest absolute Gasteiger partial charge is 0.222 e. The van der Waals surface area contributed by atoms with Crippen molar-refractivity contribution in [3.63, 3.8) is 0 Å². The van der Waals surface area contributed by atoms with Crippen molar-refractivity contribution in [1.82, 2.24) is 5.32 Å². The molecule has 1 N–H and O–H groups in total. The van der Waals surface area contributed by atoms with E-state index in [9.17, 15) is 9.18 Å². The van der Waals surface area contributed by atoms with Gasteiger partial charge in [0.2, 0.25) is 5.91 Å². The van der Waals surface area contributed by atoms with Gasteiger partial charge in [-0.2, -0.15) is 0 Å². The Morgan fingerprint density at radius 3 is 2.93 bits per heavy atom. The summed E-state index contributed by atoms with van der Waals surface area (Å²) in [6.45, 7) is 5.61. The Balaban J connectivity index is 1.65.